The summed E-state index contributed by atoms with van der Waals surface area (Å²) in [7, 11) is 0. The Morgan fingerprint density at radius 1 is 1.03 bits per heavy atom. The van der Waals surface area contributed by atoms with Gasteiger partial charge in [0.25, 0.3) is 5.91 Å². The molecule has 1 heterocycles. The fourth-order valence-corrected chi connectivity index (χ4v) is 4.14. The molecule has 0 aliphatic carbocycles. The summed E-state index contributed by atoms with van der Waals surface area (Å²) >= 11 is 0. The number of nitrogens with one attached hydrogen (secondary N) is 1. The van der Waals surface area contributed by atoms with Crippen LogP contribution in [0.4, 0.5) is 5.69 Å². The number of carbonyl (C=O) groups excluding carboxylic acids is 1. The normalized spacial score (nSPS) is 13.9. The van der Waals surface area contributed by atoms with E-state index < -0.39 is 0 Å². The zero-order valence-electron chi connectivity index (χ0n) is 18.3. The summed E-state index contributed by atoms with van der Waals surface area (Å²) in [5.74, 6) is 0.785. The minimum Gasteiger partial charge on any atom is -0.494 e. The second-order valence-corrected chi connectivity index (χ2v) is 8.05. The Morgan fingerprint density at radius 3 is 2.52 bits per heavy atom. The zero-order valence-corrected chi connectivity index (χ0v) is 18.3. The van der Waals surface area contributed by atoms with E-state index in [0.717, 1.165) is 30.8 Å². The van der Waals surface area contributed by atoms with Crippen molar-refractivity contribution in [1.29, 1.82) is 0 Å². The second kappa shape index (κ2) is 9.69. The molecule has 3 aromatic rings. The van der Waals surface area contributed by atoms with Crippen molar-refractivity contribution in [1.82, 2.24) is 5.32 Å². The molecule has 3 aromatic carbocycles. The predicted octanol–water partition coefficient (Wildman–Crippen LogP) is 5.53. The lowest BCUT2D eigenvalue weighted by Gasteiger charge is -2.31. The molecule has 1 N–H and O–H groups in total. The van der Waals surface area contributed by atoms with Crippen LogP contribution in [0.15, 0.2) is 72.8 Å². The molecule has 0 bridgehead atoms. The largest absolute Gasteiger partial charge is 0.494 e. The number of anilines is 1. The number of amides is 1. The first kappa shape index (κ1) is 21.0. The lowest BCUT2D eigenvalue weighted by atomic mass is 10.0. The maximum atomic E-state index is 12.7. The van der Waals surface area contributed by atoms with Crippen molar-refractivity contribution in [2.24, 2.45) is 0 Å². The topological polar surface area (TPSA) is 41.6 Å². The molecule has 0 fully saturated rings. The summed E-state index contributed by atoms with van der Waals surface area (Å²) in [4.78, 5) is 15.1. The molecular formula is C27H30N2O2. The summed E-state index contributed by atoms with van der Waals surface area (Å²) in [6, 6.07) is 24.4. The Balaban J connectivity index is 1.37. The number of hydrogen-bond donors (Lipinski definition) is 1. The Labute approximate surface area is 184 Å². The number of hydrogen-bond acceptors (Lipinski definition) is 3. The van der Waals surface area contributed by atoms with E-state index >= 15 is 0 Å². The van der Waals surface area contributed by atoms with Gasteiger partial charge in [0.05, 0.1) is 12.6 Å². The summed E-state index contributed by atoms with van der Waals surface area (Å²) in [6.45, 7) is 6.54. The summed E-state index contributed by atoms with van der Waals surface area (Å²) in [5, 5.41) is 3.09. The van der Waals surface area contributed by atoms with Gasteiger partial charge < -0.3 is 15.0 Å². The molecule has 160 valence electrons. The van der Waals surface area contributed by atoms with Crippen LogP contribution < -0.4 is 15.0 Å². The van der Waals surface area contributed by atoms with Gasteiger partial charge in [0.15, 0.2) is 0 Å². The van der Waals surface area contributed by atoms with Crippen LogP contribution in [-0.4, -0.2) is 19.1 Å². The van der Waals surface area contributed by atoms with Crippen molar-refractivity contribution in [2.75, 3.05) is 18.1 Å². The van der Waals surface area contributed by atoms with Crippen molar-refractivity contribution in [3.05, 3.63) is 95.1 Å². The lowest BCUT2D eigenvalue weighted by Crippen LogP contribution is -2.29. The van der Waals surface area contributed by atoms with Gasteiger partial charge >= 0.3 is 0 Å². The fourth-order valence-electron chi connectivity index (χ4n) is 4.14. The van der Waals surface area contributed by atoms with Crippen LogP contribution in [0.5, 0.6) is 5.75 Å². The molecular weight excluding hydrogens is 384 g/mol. The van der Waals surface area contributed by atoms with E-state index in [2.05, 4.69) is 46.6 Å². The van der Waals surface area contributed by atoms with Crippen molar-refractivity contribution in [3.63, 3.8) is 0 Å². The van der Waals surface area contributed by atoms with Gasteiger partial charge in [-0.1, -0.05) is 42.5 Å². The molecule has 0 spiro atoms. The molecule has 1 atom stereocenters. The average molecular weight is 415 g/mol. The Hall–Kier alpha value is -3.27. The van der Waals surface area contributed by atoms with Gasteiger partial charge in [0.2, 0.25) is 0 Å². The van der Waals surface area contributed by atoms with Gasteiger partial charge in [0.1, 0.15) is 5.75 Å². The highest BCUT2D eigenvalue weighted by atomic mass is 16.5. The molecule has 0 aromatic heterocycles. The standard InChI is InChI=1S/C27H30N2O2/c1-3-31-25-16-14-22(15-17-25)20(2)28-27(30)24-12-10-21(11-13-24)19-29-18-6-8-23-7-4-5-9-26(23)29/h4-5,7,9-17,20H,3,6,8,18-19H2,1-2H3,(H,28,30). The number of nitrogens with zero attached hydrogens (tertiary/aromatic N) is 1. The van der Waals surface area contributed by atoms with Crippen molar-refractivity contribution < 1.29 is 9.53 Å². The Kier molecular flexibility index (Phi) is 6.56. The van der Waals surface area contributed by atoms with Crippen LogP contribution in [0.1, 0.15) is 53.4 Å². The SMILES string of the molecule is CCOc1ccc(C(C)NC(=O)c2ccc(CN3CCCc4ccccc43)cc2)cc1. The summed E-state index contributed by atoms with van der Waals surface area (Å²) in [5.41, 5.74) is 5.71. The number of ether oxygens (including phenoxy) is 1. The molecule has 4 heteroatoms. The quantitative estimate of drug-likeness (QED) is 0.553. The van der Waals surface area contributed by atoms with Crippen LogP contribution in [0.3, 0.4) is 0 Å². The molecule has 0 saturated heterocycles. The van der Waals surface area contributed by atoms with Crippen LogP contribution in [0.2, 0.25) is 0 Å². The summed E-state index contributed by atoms with van der Waals surface area (Å²) in [6.07, 6.45) is 2.33. The van der Waals surface area contributed by atoms with E-state index in [-0.39, 0.29) is 11.9 Å². The fraction of sp³-hybridized carbons (Fsp3) is 0.296. The van der Waals surface area contributed by atoms with E-state index in [1.165, 1.54) is 23.2 Å². The maximum Gasteiger partial charge on any atom is 0.251 e. The Bertz CT molecular complexity index is 1010. The third-order valence-corrected chi connectivity index (χ3v) is 5.83. The number of aryl methyl sites for hydroxylation is 1. The van der Waals surface area contributed by atoms with Crippen molar-refractivity contribution in [2.45, 2.75) is 39.3 Å². The van der Waals surface area contributed by atoms with Gasteiger partial charge in [-0.15, -0.1) is 0 Å². The maximum absolute atomic E-state index is 12.7. The van der Waals surface area contributed by atoms with Gasteiger partial charge in [-0.05, 0) is 73.7 Å². The molecule has 1 aliphatic rings. The van der Waals surface area contributed by atoms with Crippen molar-refractivity contribution in [3.8, 4) is 5.75 Å². The van der Waals surface area contributed by atoms with Gasteiger partial charge in [-0.3, -0.25) is 4.79 Å². The Morgan fingerprint density at radius 2 is 1.77 bits per heavy atom. The average Bonchev–Trinajstić information content (AvgIpc) is 2.80. The van der Waals surface area contributed by atoms with E-state index in [1.807, 2.05) is 50.2 Å². The third-order valence-electron chi connectivity index (χ3n) is 5.83. The lowest BCUT2D eigenvalue weighted by molar-refractivity contribution is 0.0940. The number of fused-ring (bicyclic) bond motifs is 1. The van der Waals surface area contributed by atoms with Crippen molar-refractivity contribution >= 4 is 11.6 Å². The number of para-hydroxylation sites is 1. The first-order valence-electron chi connectivity index (χ1n) is 11.1. The van der Waals surface area contributed by atoms with Gasteiger partial charge in [-0.2, -0.15) is 0 Å². The van der Waals surface area contributed by atoms with E-state index in [9.17, 15) is 4.79 Å². The number of rotatable bonds is 7. The molecule has 0 radical (unpaired) electrons. The molecule has 1 aliphatic heterocycles. The van der Waals surface area contributed by atoms with E-state index in [0.29, 0.717) is 12.2 Å². The molecule has 4 rings (SSSR count). The van der Waals surface area contributed by atoms with Gasteiger partial charge in [0, 0.05) is 24.3 Å². The van der Waals surface area contributed by atoms with Crippen LogP contribution >= 0.6 is 0 Å². The molecule has 1 amide bonds. The van der Waals surface area contributed by atoms with E-state index in [1.54, 1.807) is 0 Å². The highest BCUT2D eigenvalue weighted by Gasteiger charge is 2.17. The molecule has 31 heavy (non-hydrogen) atoms. The zero-order chi connectivity index (χ0) is 21.6. The van der Waals surface area contributed by atoms with Gasteiger partial charge in [-0.25, -0.2) is 0 Å². The number of carbonyl (C=O) groups is 1. The molecule has 1 unspecified atom stereocenters. The monoisotopic (exact) mass is 414 g/mol. The minimum absolute atomic E-state index is 0.0590. The second-order valence-electron chi connectivity index (χ2n) is 8.05. The highest BCUT2D eigenvalue weighted by molar-refractivity contribution is 5.94. The third kappa shape index (κ3) is 5.08. The van der Waals surface area contributed by atoms with Crippen LogP contribution in [0.25, 0.3) is 0 Å². The molecule has 4 nitrogen and oxygen atoms in total. The predicted molar refractivity (Wildman–Crippen MR) is 126 cm³/mol. The highest BCUT2D eigenvalue weighted by Crippen LogP contribution is 2.28. The van der Waals surface area contributed by atoms with Crippen LogP contribution in [0, 0.1) is 0 Å². The smallest absolute Gasteiger partial charge is 0.251 e. The number of benzene rings is 3. The summed E-state index contributed by atoms with van der Waals surface area (Å²) < 4.78 is 5.49. The minimum atomic E-state index is -0.0762. The van der Waals surface area contributed by atoms with Crippen LogP contribution in [-0.2, 0) is 13.0 Å². The first-order valence-corrected chi connectivity index (χ1v) is 11.1. The first-order chi connectivity index (χ1) is 15.1. The molecule has 0 saturated carbocycles. The van der Waals surface area contributed by atoms with E-state index in [4.69, 9.17) is 4.74 Å².